The third kappa shape index (κ3) is 5.66. The molecular formula is C32H31N5O5. The van der Waals surface area contributed by atoms with E-state index in [2.05, 4.69) is 15.3 Å². The lowest BCUT2D eigenvalue weighted by Crippen LogP contribution is -2.58. The fourth-order valence-electron chi connectivity index (χ4n) is 5.42. The van der Waals surface area contributed by atoms with Crippen molar-refractivity contribution in [3.8, 4) is 11.5 Å². The highest BCUT2D eigenvalue weighted by atomic mass is 16.5. The molecule has 6 rings (SSSR count). The highest BCUT2D eigenvalue weighted by Gasteiger charge is 2.34. The summed E-state index contributed by atoms with van der Waals surface area (Å²) >= 11 is 0. The van der Waals surface area contributed by atoms with Crippen LogP contribution in [-0.2, 0) is 16.1 Å². The maximum Gasteiger partial charge on any atom is 0.256 e. The standard InChI is InChI=1S/C32H31N5O5/c1-20-9-10-22-16-28(20)42-23-6-3-5-21(15-23)19-41-27-11-14-37(17-26(27)35-29(38)18-36(2)31(22)39)32(40)24-7-4-8-25-30(24)34-13-12-33-25/h3-10,12-13,15-16,26-27H,11,14,17-19H2,1-2H3,(H,35,38)/t26-,27+/m0/s1. The van der Waals surface area contributed by atoms with E-state index in [0.717, 1.165) is 11.1 Å². The number of aryl methyl sites for hydroxylation is 1. The van der Waals surface area contributed by atoms with Gasteiger partial charge >= 0.3 is 0 Å². The van der Waals surface area contributed by atoms with Crippen LogP contribution in [0.4, 0.5) is 0 Å². The van der Waals surface area contributed by atoms with Crippen molar-refractivity contribution < 1.29 is 23.9 Å². The number of carbonyl (C=O) groups excluding carboxylic acids is 3. The number of nitrogens with zero attached hydrogens (tertiary/aromatic N) is 4. The Morgan fingerprint density at radius 2 is 1.86 bits per heavy atom. The van der Waals surface area contributed by atoms with Gasteiger partial charge in [0.2, 0.25) is 5.91 Å². The summed E-state index contributed by atoms with van der Waals surface area (Å²) < 4.78 is 12.5. The van der Waals surface area contributed by atoms with E-state index in [-0.39, 0.29) is 36.9 Å². The lowest BCUT2D eigenvalue weighted by molar-refractivity contribution is -0.124. The van der Waals surface area contributed by atoms with Gasteiger partial charge in [0.1, 0.15) is 17.0 Å². The Balaban J connectivity index is 1.28. The predicted octanol–water partition coefficient (Wildman–Crippen LogP) is 3.73. The molecule has 4 bridgehead atoms. The Labute approximate surface area is 243 Å². The second kappa shape index (κ2) is 11.6. The Kier molecular flexibility index (Phi) is 7.54. The van der Waals surface area contributed by atoms with Crippen molar-refractivity contribution in [3.63, 3.8) is 0 Å². The fraction of sp³-hybridized carbons (Fsp3) is 0.281. The molecule has 1 aromatic heterocycles. The molecule has 42 heavy (non-hydrogen) atoms. The lowest BCUT2D eigenvalue weighted by Gasteiger charge is -2.39. The third-order valence-corrected chi connectivity index (χ3v) is 7.66. The van der Waals surface area contributed by atoms with Gasteiger partial charge in [-0.05, 0) is 60.9 Å². The van der Waals surface area contributed by atoms with Crippen LogP contribution in [0.3, 0.4) is 0 Å². The molecule has 0 spiro atoms. The van der Waals surface area contributed by atoms with Crippen LogP contribution in [0.25, 0.3) is 11.0 Å². The number of piperidine rings is 1. The van der Waals surface area contributed by atoms with Crippen LogP contribution in [0.2, 0.25) is 0 Å². The number of ether oxygens (including phenoxy) is 2. The summed E-state index contributed by atoms with van der Waals surface area (Å²) in [7, 11) is 1.58. The van der Waals surface area contributed by atoms with Crippen molar-refractivity contribution >= 4 is 28.8 Å². The average Bonchev–Trinajstić information content (AvgIpc) is 3.00. The van der Waals surface area contributed by atoms with Crippen LogP contribution < -0.4 is 10.1 Å². The van der Waals surface area contributed by atoms with E-state index >= 15 is 0 Å². The number of hydrogen-bond donors (Lipinski definition) is 1. The maximum absolute atomic E-state index is 13.7. The van der Waals surface area contributed by atoms with Crippen LogP contribution in [-0.4, -0.2) is 76.3 Å². The summed E-state index contributed by atoms with van der Waals surface area (Å²) in [6, 6.07) is 17.7. The quantitative estimate of drug-likeness (QED) is 0.374. The minimum Gasteiger partial charge on any atom is -0.457 e. The second-order valence-electron chi connectivity index (χ2n) is 10.7. The number of likely N-dealkylation sites (tertiary alicyclic amines) is 1. The van der Waals surface area contributed by atoms with E-state index in [1.807, 2.05) is 43.3 Å². The van der Waals surface area contributed by atoms with Crippen molar-refractivity contribution in [2.24, 2.45) is 0 Å². The first kappa shape index (κ1) is 27.3. The Bertz CT molecular complexity index is 1670. The molecule has 1 N–H and O–H groups in total. The lowest BCUT2D eigenvalue weighted by atomic mass is 10.00. The van der Waals surface area contributed by atoms with Crippen molar-refractivity contribution in [2.75, 3.05) is 26.7 Å². The second-order valence-corrected chi connectivity index (χ2v) is 10.7. The molecule has 3 aromatic carbocycles. The molecule has 0 radical (unpaired) electrons. The van der Waals surface area contributed by atoms with Crippen molar-refractivity contribution in [1.29, 1.82) is 0 Å². The van der Waals surface area contributed by atoms with Crippen molar-refractivity contribution in [3.05, 3.63) is 95.3 Å². The molecule has 2 aliphatic heterocycles. The number of likely N-dealkylation sites (N-methyl/N-ethyl adjacent to an activating group) is 1. The van der Waals surface area contributed by atoms with Crippen LogP contribution >= 0.6 is 0 Å². The van der Waals surface area contributed by atoms with E-state index in [1.54, 1.807) is 48.6 Å². The van der Waals surface area contributed by atoms with Crippen LogP contribution in [0, 0.1) is 6.92 Å². The fourth-order valence-corrected chi connectivity index (χ4v) is 5.42. The summed E-state index contributed by atoms with van der Waals surface area (Å²) in [5, 5.41) is 3.04. The van der Waals surface area contributed by atoms with Gasteiger partial charge in [-0.15, -0.1) is 0 Å². The molecule has 3 amide bonds. The molecule has 10 nitrogen and oxygen atoms in total. The number of rotatable bonds is 1. The number of amides is 3. The van der Waals surface area contributed by atoms with Gasteiger partial charge in [-0.2, -0.15) is 0 Å². The molecule has 4 aromatic rings. The zero-order valence-electron chi connectivity index (χ0n) is 23.4. The van der Waals surface area contributed by atoms with Gasteiger partial charge in [-0.25, -0.2) is 0 Å². The largest absolute Gasteiger partial charge is 0.457 e. The van der Waals surface area contributed by atoms with Crippen LogP contribution in [0.1, 0.15) is 38.3 Å². The zero-order valence-corrected chi connectivity index (χ0v) is 23.4. The predicted molar refractivity (Wildman–Crippen MR) is 155 cm³/mol. The number of para-hydroxylation sites is 1. The number of nitrogens with one attached hydrogen (secondary N) is 1. The van der Waals surface area contributed by atoms with Crippen molar-refractivity contribution in [1.82, 2.24) is 25.1 Å². The van der Waals surface area contributed by atoms with E-state index in [9.17, 15) is 14.4 Å². The Morgan fingerprint density at radius 1 is 1.02 bits per heavy atom. The molecule has 214 valence electrons. The normalized spacial score (nSPS) is 19.6. The van der Waals surface area contributed by atoms with Gasteiger partial charge in [-0.3, -0.25) is 24.4 Å². The van der Waals surface area contributed by atoms with Gasteiger partial charge < -0.3 is 24.6 Å². The molecule has 10 heteroatoms. The number of fused-ring (bicyclic) bond motifs is 6. The van der Waals surface area contributed by atoms with Gasteiger partial charge in [0.25, 0.3) is 11.8 Å². The molecular weight excluding hydrogens is 534 g/mol. The number of aromatic nitrogens is 2. The highest BCUT2D eigenvalue weighted by Crippen LogP contribution is 2.28. The van der Waals surface area contributed by atoms with Crippen LogP contribution in [0.5, 0.6) is 11.5 Å². The first-order chi connectivity index (χ1) is 20.4. The Morgan fingerprint density at radius 3 is 2.74 bits per heavy atom. The van der Waals surface area contributed by atoms with E-state index in [1.165, 1.54) is 4.90 Å². The molecule has 2 aliphatic rings. The van der Waals surface area contributed by atoms with E-state index in [4.69, 9.17) is 9.47 Å². The Hall–Kier alpha value is -4.83. The van der Waals surface area contributed by atoms with Gasteiger partial charge in [0.15, 0.2) is 0 Å². The summed E-state index contributed by atoms with van der Waals surface area (Å²) in [5.74, 6) is 0.368. The molecule has 0 saturated carbocycles. The van der Waals surface area contributed by atoms with E-state index in [0.29, 0.717) is 53.2 Å². The van der Waals surface area contributed by atoms with Gasteiger partial charge in [-0.1, -0.05) is 24.3 Å². The molecule has 3 heterocycles. The maximum atomic E-state index is 13.7. The summed E-state index contributed by atoms with van der Waals surface area (Å²) in [6.45, 7) is 2.75. The van der Waals surface area contributed by atoms with Crippen molar-refractivity contribution in [2.45, 2.75) is 32.1 Å². The third-order valence-electron chi connectivity index (χ3n) is 7.66. The van der Waals surface area contributed by atoms with E-state index < -0.39 is 6.04 Å². The number of benzene rings is 3. The van der Waals surface area contributed by atoms with Gasteiger partial charge in [0, 0.05) is 38.1 Å². The molecule has 1 saturated heterocycles. The number of carbonyl (C=O) groups is 3. The number of hydrogen-bond acceptors (Lipinski definition) is 7. The highest BCUT2D eigenvalue weighted by molar-refractivity contribution is 6.04. The molecule has 1 fully saturated rings. The zero-order chi connectivity index (χ0) is 29.2. The topological polar surface area (TPSA) is 114 Å². The minimum absolute atomic E-state index is 0.155. The average molecular weight is 566 g/mol. The SMILES string of the molecule is Cc1ccc2cc1Oc1cccc(c1)CO[C@@H]1CCN(C(=O)c3cccc4nccnc34)C[C@@H]1NC(=O)CN(C)C2=O. The smallest absolute Gasteiger partial charge is 0.256 e. The monoisotopic (exact) mass is 565 g/mol. The molecule has 0 unspecified atom stereocenters. The first-order valence-corrected chi connectivity index (χ1v) is 13.9. The first-order valence-electron chi connectivity index (χ1n) is 13.9. The summed E-state index contributed by atoms with van der Waals surface area (Å²) in [4.78, 5) is 51.9. The molecule has 0 aliphatic carbocycles. The summed E-state index contributed by atoms with van der Waals surface area (Å²) in [5.41, 5.74) is 3.84. The molecule has 2 atom stereocenters. The summed E-state index contributed by atoms with van der Waals surface area (Å²) in [6.07, 6.45) is 3.33. The minimum atomic E-state index is -0.488. The van der Waals surface area contributed by atoms with Gasteiger partial charge in [0.05, 0.1) is 36.4 Å². The van der Waals surface area contributed by atoms with Crippen LogP contribution in [0.15, 0.2) is 73.1 Å².